The maximum absolute atomic E-state index is 12.1. The molecule has 0 aliphatic carbocycles. The average molecular weight is 251 g/mol. The summed E-state index contributed by atoms with van der Waals surface area (Å²) in [6.07, 6.45) is -5.07. The van der Waals surface area contributed by atoms with Gasteiger partial charge < -0.3 is 10.0 Å². The lowest BCUT2D eigenvalue weighted by molar-refractivity contribution is -0.132. The third-order valence-corrected chi connectivity index (χ3v) is 2.56. The molecule has 0 saturated heterocycles. The number of hydrogen-bond acceptors (Lipinski definition) is 3. The molecule has 0 atom stereocenters. The molecule has 4 nitrogen and oxygen atoms in total. The zero-order valence-corrected chi connectivity index (χ0v) is 10.0. The highest BCUT2D eigenvalue weighted by Gasteiger charge is 2.28. The molecule has 1 heterocycles. The number of aliphatic hydroxyl groups excluding tert-OH is 1. The zero-order valence-electron chi connectivity index (χ0n) is 10.0. The highest BCUT2D eigenvalue weighted by molar-refractivity contribution is 5.49. The van der Waals surface area contributed by atoms with E-state index in [4.69, 9.17) is 0 Å². The molecule has 1 N–H and O–H groups in total. The van der Waals surface area contributed by atoms with Crippen molar-refractivity contribution < 1.29 is 18.3 Å². The quantitative estimate of drug-likeness (QED) is 0.884. The Balaban J connectivity index is 2.85. The Morgan fingerprint density at radius 2 is 2.00 bits per heavy atom. The third-order valence-electron chi connectivity index (χ3n) is 2.56. The van der Waals surface area contributed by atoms with Crippen LogP contribution in [0.4, 0.5) is 19.0 Å². The molecule has 98 valence electrons. The topological polar surface area (TPSA) is 41.3 Å². The summed E-state index contributed by atoms with van der Waals surface area (Å²) in [5, 5.41) is 13.3. The largest absolute Gasteiger partial charge is 0.391 e. The number of rotatable bonds is 4. The molecule has 0 aromatic carbocycles. The summed E-state index contributed by atoms with van der Waals surface area (Å²) in [7, 11) is 3.20. The molecule has 1 aromatic heterocycles. The lowest BCUT2D eigenvalue weighted by Crippen LogP contribution is -2.26. The molecule has 1 aromatic rings. The van der Waals surface area contributed by atoms with Crippen LogP contribution in [0.5, 0.6) is 0 Å². The van der Waals surface area contributed by atoms with Crippen molar-refractivity contribution in [2.45, 2.75) is 26.1 Å². The number of hydrogen-bond donors (Lipinski definition) is 1. The Hall–Kier alpha value is -1.24. The Morgan fingerprint density at radius 3 is 2.47 bits per heavy atom. The van der Waals surface area contributed by atoms with Gasteiger partial charge in [0.2, 0.25) is 0 Å². The third kappa shape index (κ3) is 3.36. The molecule has 0 spiro atoms. The number of aromatic nitrogens is 2. The Kier molecular flexibility index (Phi) is 4.03. The van der Waals surface area contributed by atoms with Crippen molar-refractivity contribution in [3.8, 4) is 0 Å². The van der Waals surface area contributed by atoms with E-state index in [1.165, 1.54) is 9.58 Å². The Bertz CT molecular complexity index is 387. The molecule has 0 unspecified atom stereocenters. The van der Waals surface area contributed by atoms with E-state index in [1.807, 2.05) is 0 Å². The van der Waals surface area contributed by atoms with Gasteiger partial charge in [-0.25, -0.2) is 0 Å². The van der Waals surface area contributed by atoms with Crippen LogP contribution in [0.1, 0.15) is 17.7 Å². The molecule has 7 heteroatoms. The van der Waals surface area contributed by atoms with Crippen LogP contribution in [0, 0.1) is 6.92 Å². The maximum Gasteiger partial charge on any atom is 0.390 e. The van der Waals surface area contributed by atoms with Gasteiger partial charge in [0.05, 0.1) is 18.7 Å². The first-order valence-electron chi connectivity index (χ1n) is 5.17. The minimum absolute atomic E-state index is 0.157. The second-order valence-electron chi connectivity index (χ2n) is 3.96. The predicted octanol–water partition coefficient (Wildman–Crippen LogP) is 1.61. The zero-order chi connectivity index (χ0) is 13.2. The average Bonchev–Trinajstić information content (AvgIpc) is 2.48. The van der Waals surface area contributed by atoms with Gasteiger partial charge in [-0.3, -0.25) is 4.68 Å². The van der Waals surface area contributed by atoms with Gasteiger partial charge in [0.15, 0.2) is 0 Å². The summed E-state index contributed by atoms with van der Waals surface area (Å²) in [6, 6.07) is 0. The van der Waals surface area contributed by atoms with E-state index >= 15 is 0 Å². The fourth-order valence-electron chi connectivity index (χ4n) is 1.75. The number of alkyl halides is 3. The molecule has 0 aliphatic heterocycles. The van der Waals surface area contributed by atoms with E-state index < -0.39 is 12.6 Å². The molecule has 1 rings (SSSR count). The number of aliphatic hydroxyl groups is 1. The molecule has 0 bridgehead atoms. The second-order valence-corrected chi connectivity index (χ2v) is 3.96. The lowest BCUT2D eigenvalue weighted by Gasteiger charge is -2.21. The van der Waals surface area contributed by atoms with E-state index in [9.17, 15) is 18.3 Å². The maximum atomic E-state index is 12.1. The van der Waals surface area contributed by atoms with Crippen LogP contribution in [-0.4, -0.2) is 34.7 Å². The van der Waals surface area contributed by atoms with Crippen molar-refractivity contribution in [2.75, 3.05) is 18.5 Å². The van der Waals surface area contributed by atoms with Crippen LogP contribution in [0.2, 0.25) is 0 Å². The molecule has 0 aliphatic rings. The summed E-state index contributed by atoms with van der Waals surface area (Å²) < 4.78 is 37.8. The van der Waals surface area contributed by atoms with Crippen molar-refractivity contribution in [1.82, 2.24) is 9.78 Å². The lowest BCUT2D eigenvalue weighted by atomic mass is 10.2. The van der Waals surface area contributed by atoms with E-state index in [-0.39, 0.29) is 13.2 Å². The highest BCUT2D eigenvalue weighted by Crippen LogP contribution is 2.25. The Labute approximate surface area is 97.6 Å². The summed E-state index contributed by atoms with van der Waals surface area (Å²) >= 11 is 0. The van der Waals surface area contributed by atoms with Gasteiger partial charge in [-0.2, -0.15) is 18.3 Å². The number of halogens is 3. The molecular formula is C10H16F3N3O. The van der Waals surface area contributed by atoms with Crippen molar-refractivity contribution in [3.63, 3.8) is 0 Å². The van der Waals surface area contributed by atoms with Gasteiger partial charge in [0.25, 0.3) is 0 Å². The SMILES string of the molecule is Cc1nn(C)c(N(C)CCC(F)(F)F)c1CO. The van der Waals surface area contributed by atoms with Crippen LogP contribution >= 0.6 is 0 Å². The number of aryl methyl sites for hydroxylation is 2. The molecular weight excluding hydrogens is 235 g/mol. The van der Waals surface area contributed by atoms with Crippen LogP contribution in [0.15, 0.2) is 0 Å². The predicted molar refractivity (Wildman–Crippen MR) is 57.8 cm³/mol. The van der Waals surface area contributed by atoms with Crippen LogP contribution < -0.4 is 4.90 Å². The molecule has 0 saturated carbocycles. The van der Waals surface area contributed by atoms with E-state index in [0.717, 1.165) is 0 Å². The monoisotopic (exact) mass is 251 g/mol. The molecule has 0 amide bonds. The fraction of sp³-hybridized carbons (Fsp3) is 0.700. The molecule has 17 heavy (non-hydrogen) atoms. The van der Waals surface area contributed by atoms with Gasteiger partial charge in [0.1, 0.15) is 5.82 Å². The summed E-state index contributed by atoms with van der Waals surface area (Å²) in [6.45, 7) is 1.33. The molecule has 0 fully saturated rings. The minimum Gasteiger partial charge on any atom is -0.391 e. The first-order valence-corrected chi connectivity index (χ1v) is 5.17. The highest BCUT2D eigenvalue weighted by atomic mass is 19.4. The number of nitrogens with zero attached hydrogens (tertiary/aromatic N) is 3. The fourth-order valence-corrected chi connectivity index (χ4v) is 1.75. The van der Waals surface area contributed by atoms with Gasteiger partial charge in [-0.15, -0.1) is 0 Å². The van der Waals surface area contributed by atoms with Crippen molar-refractivity contribution >= 4 is 5.82 Å². The summed E-state index contributed by atoms with van der Waals surface area (Å²) in [5.41, 5.74) is 1.20. The summed E-state index contributed by atoms with van der Waals surface area (Å²) in [5.74, 6) is 0.522. The number of anilines is 1. The minimum atomic E-state index is -4.18. The van der Waals surface area contributed by atoms with Gasteiger partial charge >= 0.3 is 6.18 Å². The van der Waals surface area contributed by atoms with Crippen molar-refractivity contribution in [3.05, 3.63) is 11.3 Å². The standard InChI is InChI=1S/C10H16F3N3O/c1-7-8(6-17)9(16(3)14-7)15(2)5-4-10(11,12)13/h17H,4-6H2,1-3H3. The van der Waals surface area contributed by atoms with Crippen LogP contribution in [-0.2, 0) is 13.7 Å². The normalized spacial score (nSPS) is 11.9. The summed E-state index contributed by atoms with van der Waals surface area (Å²) in [4.78, 5) is 1.46. The first kappa shape index (κ1) is 13.8. The second kappa shape index (κ2) is 4.95. The van der Waals surface area contributed by atoms with E-state index in [1.54, 1.807) is 21.0 Å². The van der Waals surface area contributed by atoms with Gasteiger partial charge in [-0.05, 0) is 6.92 Å². The first-order chi connectivity index (χ1) is 7.76. The Morgan fingerprint density at radius 1 is 1.41 bits per heavy atom. The van der Waals surface area contributed by atoms with Gasteiger partial charge in [-0.1, -0.05) is 0 Å². The molecule has 0 radical (unpaired) electrons. The van der Waals surface area contributed by atoms with E-state index in [2.05, 4.69) is 5.10 Å². The smallest absolute Gasteiger partial charge is 0.390 e. The van der Waals surface area contributed by atoms with Crippen LogP contribution in [0.25, 0.3) is 0 Å². The van der Waals surface area contributed by atoms with E-state index in [0.29, 0.717) is 17.1 Å². The van der Waals surface area contributed by atoms with Crippen LogP contribution in [0.3, 0.4) is 0 Å². The van der Waals surface area contributed by atoms with Crippen molar-refractivity contribution in [2.24, 2.45) is 7.05 Å². The van der Waals surface area contributed by atoms with Gasteiger partial charge in [0, 0.05) is 26.2 Å². The van der Waals surface area contributed by atoms with Crippen molar-refractivity contribution in [1.29, 1.82) is 0 Å².